The fourth-order valence-corrected chi connectivity index (χ4v) is 9.67. The molecule has 1 nitrogen and oxygen atoms in total. The van der Waals surface area contributed by atoms with Crippen molar-refractivity contribution >= 4 is 38.6 Å². The van der Waals surface area contributed by atoms with E-state index in [1.165, 1.54) is 99.1 Å². The first kappa shape index (κ1) is 34.0. The van der Waals surface area contributed by atoms with Crippen molar-refractivity contribution in [3.63, 3.8) is 0 Å². The normalized spacial score (nSPS) is 13.2. The number of hydrogen-bond donors (Lipinski definition) is 1. The van der Waals surface area contributed by atoms with Crippen LogP contribution in [-0.4, -0.2) is 0 Å². The third-order valence-corrected chi connectivity index (χ3v) is 12.3. The lowest BCUT2D eigenvalue weighted by molar-refractivity contribution is -0.681. The highest BCUT2D eigenvalue weighted by molar-refractivity contribution is 6.13. The maximum atomic E-state index is 2.49. The molecule has 58 heavy (non-hydrogen) atoms. The van der Waals surface area contributed by atoms with Gasteiger partial charge in [0.05, 0.1) is 5.41 Å². The molecule has 11 rings (SSSR count). The molecule has 1 atom stereocenters. The van der Waals surface area contributed by atoms with E-state index in [1.807, 2.05) is 0 Å². The largest absolute Gasteiger partial charge is 0.238 e. The van der Waals surface area contributed by atoms with Crippen molar-refractivity contribution in [2.24, 2.45) is 0 Å². The van der Waals surface area contributed by atoms with Gasteiger partial charge in [-0.25, -0.2) is 4.90 Å². The first-order chi connectivity index (χ1) is 28.8. The Morgan fingerprint density at radius 1 is 0.276 bits per heavy atom. The Hall–Kier alpha value is -7.32. The van der Waals surface area contributed by atoms with Crippen LogP contribution in [0.1, 0.15) is 22.3 Å². The summed E-state index contributed by atoms with van der Waals surface area (Å²) in [5, 5.41) is 5.09. The zero-order valence-electron chi connectivity index (χ0n) is 32.0. The topological polar surface area (TPSA) is 4.44 Å². The minimum Gasteiger partial charge on any atom is -0.238 e. The molecule has 0 spiro atoms. The molecule has 0 bridgehead atoms. The van der Waals surface area contributed by atoms with Crippen LogP contribution in [0.4, 0.5) is 17.1 Å². The van der Waals surface area contributed by atoms with Crippen molar-refractivity contribution in [3.8, 4) is 33.4 Å². The Bertz CT molecular complexity index is 3040. The molecule has 1 aliphatic rings. The fourth-order valence-electron chi connectivity index (χ4n) is 9.67. The van der Waals surface area contributed by atoms with Gasteiger partial charge in [0.25, 0.3) is 0 Å². The van der Waals surface area contributed by atoms with Crippen molar-refractivity contribution in [2.75, 3.05) is 0 Å². The van der Waals surface area contributed by atoms with Crippen LogP contribution < -0.4 is 4.90 Å². The average Bonchev–Trinajstić information content (AvgIpc) is 3.60. The predicted octanol–water partition coefficient (Wildman–Crippen LogP) is 13.9. The highest BCUT2D eigenvalue weighted by Gasteiger charge is 2.46. The van der Waals surface area contributed by atoms with Crippen LogP contribution in [0.5, 0.6) is 0 Å². The maximum Gasteiger partial charge on any atom is 0.141 e. The van der Waals surface area contributed by atoms with Gasteiger partial charge in [-0.15, -0.1) is 0 Å². The quantitative estimate of drug-likeness (QED) is 0.155. The molecule has 0 radical (unpaired) electrons. The zero-order valence-corrected chi connectivity index (χ0v) is 32.0. The number of nitrogens with one attached hydrogen (secondary N) is 1. The molecule has 0 amide bonds. The number of rotatable bonds is 7. The van der Waals surface area contributed by atoms with E-state index < -0.39 is 5.41 Å². The molecule has 0 fully saturated rings. The van der Waals surface area contributed by atoms with E-state index in [4.69, 9.17) is 0 Å². The summed E-state index contributed by atoms with van der Waals surface area (Å²) in [4.78, 5) is 1.21. The molecule has 1 aliphatic carbocycles. The SMILES string of the molecule is c1ccc(-c2ccc([NH+](c3ccc(-c4cc5ccccc5c5ccccc45)cc3)c3ccc4c(c3)C(c3ccccc3)(c3ccccc3)c3ccccc3-4)cc2)cc1. The van der Waals surface area contributed by atoms with E-state index in [-0.39, 0.29) is 0 Å². The second-order valence-corrected chi connectivity index (χ2v) is 15.4. The number of benzene rings is 10. The minimum atomic E-state index is -0.478. The van der Waals surface area contributed by atoms with E-state index in [0.717, 1.165) is 0 Å². The van der Waals surface area contributed by atoms with Gasteiger partial charge in [0.15, 0.2) is 0 Å². The van der Waals surface area contributed by atoms with E-state index in [1.54, 1.807) is 0 Å². The van der Waals surface area contributed by atoms with Gasteiger partial charge in [-0.3, -0.25) is 0 Å². The first-order valence-corrected chi connectivity index (χ1v) is 20.2. The van der Waals surface area contributed by atoms with Gasteiger partial charge in [-0.2, -0.15) is 0 Å². The summed E-state index contributed by atoms with van der Waals surface area (Å²) in [5.41, 5.74) is 15.7. The fraction of sp³-hybridized carbons (Fsp3) is 0.0175. The molecule has 1 heteroatoms. The van der Waals surface area contributed by atoms with Crippen molar-refractivity contribution in [3.05, 3.63) is 259 Å². The number of quaternary nitrogens is 1. The predicted molar refractivity (Wildman–Crippen MR) is 242 cm³/mol. The highest BCUT2D eigenvalue weighted by Crippen LogP contribution is 2.56. The molecule has 0 aromatic heterocycles. The number of hydrogen-bond acceptors (Lipinski definition) is 0. The Morgan fingerprint density at radius 2 is 0.759 bits per heavy atom. The molecule has 0 aliphatic heterocycles. The lowest BCUT2D eigenvalue weighted by Crippen LogP contribution is -2.96. The van der Waals surface area contributed by atoms with Crippen LogP contribution >= 0.6 is 0 Å². The van der Waals surface area contributed by atoms with Crippen LogP contribution in [0.2, 0.25) is 0 Å². The zero-order chi connectivity index (χ0) is 38.5. The van der Waals surface area contributed by atoms with Crippen LogP contribution in [0.15, 0.2) is 237 Å². The van der Waals surface area contributed by atoms with Crippen molar-refractivity contribution in [1.82, 2.24) is 0 Å². The van der Waals surface area contributed by atoms with Gasteiger partial charge < -0.3 is 0 Å². The third-order valence-electron chi connectivity index (χ3n) is 12.3. The molecule has 1 unspecified atom stereocenters. The highest BCUT2D eigenvalue weighted by atomic mass is 15.1. The lowest BCUT2D eigenvalue weighted by atomic mass is 9.67. The van der Waals surface area contributed by atoms with Crippen LogP contribution in [0.25, 0.3) is 54.9 Å². The van der Waals surface area contributed by atoms with Gasteiger partial charge >= 0.3 is 0 Å². The molecule has 10 aromatic carbocycles. The van der Waals surface area contributed by atoms with Gasteiger partial charge in [0.1, 0.15) is 17.1 Å². The molecule has 0 heterocycles. The Labute approximate surface area is 339 Å². The summed E-state index contributed by atoms with van der Waals surface area (Å²) in [6.45, 7) is 0. The molecular formula is C57H40N+. The first-order valence-electron chi connectivity index (χ1n) is 20.2. The van der Waals surface area contributed by atoms with Crippen molar-refractivity contribution < 1.29 is 4.90 Å². The van der Waals surface area contributed by atoms with E-state index in [0.29, 0.717) is 0 Å². The van der Waals surface area contributed by atoms with Gasteiger partial charge in [-0.05, 0) is 114 Å². The van der Waals surface area contributed by atoms with Gasteiger partial charge in [-0.1, -0.05) is 164 Å². The lowest BCUT2D eigenvalue weighted by Gasteiger charge is -2.34. The van der Waals surface area contributed by atoms with E-state index in [9.17, 15) is 0 Å². The smallest absolute Gasteiger partial charge is 0.141 e. The summed E-state index contributed by atoms with van der Waals surface area (Å²) < 4.78 is 0. The van der Waals surface area contributed by atoms with Crippen molar-refractivity contribution in [1.29, 1.82) is 0 Å². The second kappa shape index (κ2) is 14.0. The molecule has 0 saturated carbocycles. The van der Waals surface area contributed by atoms with Gasteiger partial charge in [0, 0.05) is 36.4 Å². The summed E-state index contributed by atoms with van der Waals surface area (Å²) in [6.07, 6.45) is 0. The molecule has 1 N–H and O–H groups in total. The second-order valence-electron chi connectivity index (χ2n) is 15.4. The summed E-state index contributed by atoms with van der Waals surface area (Å²) in [7, 11) is 0. The summed E-state index contributed by atoms with van der Waals surface area (Å²) >= 11 is 0. The Kier molecular flexibility index (Phi) is 8.20. The Morgan fingerprint density at radius 3 is 1.43 bits per heavy atom. The third kappa shape index (κ3) is 5.44. The number of fused-ring (bicyclic) bond motifs is 6. The monoisotopic (exact) mass is 738 g/mol. The van der Waals surface area contributed by atoms with Crippen LogP contribution in [0.3, 0.4) is 0 Å². The maximum absolute atomic E-state index is 2.49. The van der Waals surface area contributed by atoms with E-state index >= 15 is 0 Å². The van der Waals surface area contributed by atoms with Crippen molar-refractivity contribution in [2.45, 2.75) is 5.41 Å². The molecule has 0 saturated heterocycles. The summed E-state index contributed by atoms with van der Waals surface area (Å²) in [5.74, 6) is 0. The summed E-state index contributed by atoms with van der Waals surface area (Å²) in [6, 6.07) is 87.2. The minimum absolute atomic E-state index is 0.478. The van der Waals surface area contributed by atoms with Gasteiger partial charge in [0.2, 0.25) is 0 Å². The van der Waals surface area contributed by atoms with Crippen LogP contribution in [0, 0.1) is 0 Å². The average molecular weight is 739 g/mol. The standard InChI is InChI=1S/C57H39N/c1-4-16-40(17-5-1)41-28-32-46(33-29-41)58(47-34-30-42(31-35-47)54-38-43-18-10-11-23-49(43)50-24-12-13-25-51(50)54)48-36-37-53-52-26-14-15-27-55(52)57(56(53)39-48,44-19-6-2-7-20-44)45-21-8-3-9-22-45/h1-39H/p+1. The van der Waals surface area contributed by atoms with Crippen LogP contribution in [-0.2, 0) is 5.41 Å². The molecule has 10 aromatic rings. The Balaban J connectivity index is 1.11. The molecule has 272 valence electrons. The molecular weight excluding hydrogens is 699 g/mol. The van der Waals surface area contributed by atoms with E-state index in [2.05, 4.69) is 237 Å².